The van der Waals surface area contributed by atoms with E-state index in [1.807, 2.05) is 13.8 Å². The van der Waals surface area contributed by atoms with Crippen molar-refractivity contribution in [2.75, 3.05) is 7.11 Å². The average molecular weight is 419 g/mol. The SMILES string of the molecule is CC.CO.C[C@]12CCC3[C@@H](CC[C@@H]4C[C@@H](C(F)(F)F)CC[C@H]34)C1CCC2CC=O. The number of aliphatic hydroxyl groups is 1. The van der Waals surface area contributed by atoms with Crippen LogP contribution in [0.5, 0.6) is 0 Å². The molecule has 3 unspecified atom stereocenters. The van der Waals surface area contributed by atoms with E-state index < -0.39 is 12.1 Å². The lowest BCUT2D eigenvalue weighted by atomic mass is 9.49. The van der Waals surface area contributed by atoms with Crippen molar-refractivity contribution in [2.45, 2.75) is 91.2 Å². The van der Waals surface area contributed by atoms with Gasteiger partial charge in [-0.1, -0.05) is 20.8 Å². The summed E-state index contributed by atoms with van der Waals surface area (Å²) in [6.45, 7) is 6.40. The molecule has 0 heterocycles. The van der Waals surface area contributed by atoms with Gasteiger partial charge in [0, 0.05) is 13.5 Å². The Kier molecular flexibility index (Phi) is 8.64. The molecule has 5 heteroatoms. The van der Waals surface area contributed by atoms with Gasteiger partial charge in [0.2, 0.25) is 0 Å². The molecule has 4 aliphatic rings. The van der Waals surface area contributed by atoms with Crippen LogP contribution in [0.4, 0.5) is 13.2 Å². The summed E-state index contributed by atoms with van der Waals surface area (Å²) in [4.78, 5) is 11.1. The van der Waals surface area contributed by atoms with E-state index >= 15 is 0 Å². The standard InChI is InChI=1S/C21H31F3O.C2H6.CH4O/c1-20-10-8-17-16-6-3-15(21(22,23)24)12-13(16)2-5-18(17)19(20)7-4-14(20)9-11-25;2*1-2/h11,13-19H,2-10,12H2,1H3;1-2H3;2H,1H3/t13-,14?,15+,16+,17?,18-,19?,20-;;/m1../s1. The Hall–Kier alpha value is -0.580. The molecule has 0 aliphatic heterocycles. The molecular formula is C24H41F3O2. The fourth-order valence-corrected chi connectivity index (χ4v) is 7.76. The van der Waals surface area contributed by atoms with Gasteiger partial charge in [-0.25, -0.2) is 0 Å². The summed E-state index contributed by atoms with van der Waals surface area (Å²) in [5.41, 5.74) is 0.304. The second-order valence-electron chi connectivity index (χ2n) is 9.71. The van der Waals surface area contributed by atoms with Crippen LogP contribution in [0.25, 0.3) is 0 Å². The van der Waals surface area contributed by atoms with E-state index in [9.17, 15) is 18.0 Å². The molecule has 4 saturated carbocycles. The molecule has 0 spiro atoms. The van der Waals surface area contributed by atoms with Crippen LogP contribution < -0.4 is 0 Å². The fourth-order valence-electron chi connectivity index (χ4n) is 7.76. The highest BCUT2D eigenvalue weighted by Gasteiger charge is 2.57. The van der Waals surface area contributed by atoms with Crippen molar-refractivity contribution in [1.29, 1.82) is 0 Å². The maximum absolute atomic E-state index is 13.1. The van der Waals surface area contributed by atoms with Crippen LogP contribution >= 0.6 is 0 Å². The average Bonchev–Trinajstić information content (AvgIpc) is 3.06. The van der Waals surface area contributed by atoms with E-state index in [1.165, 1.54) is 25.7 Å². The summed E-state index contributed by atoms with van der Waals surface area (Å²) < 4.78 is 39.4. The molecule has 8 atom stereocenters. The van der Waals surface area contributed by atoms with Gasteiger partial charge in [0.1, 0.15) is 6.29 Å². The Labute approximate surface area is 175 Å². The summed E-state index contributed by atoms with van der Waals surface area (Å²) in [7, 11) is 1.00. The number of rotatable bonds is 2. The van der Waals surface area contributed by atoms with Crippen LogP contribution in [0.15, 0.2) is 0 Å². The first-order valence-corrected chi connectivity index (χ1v) is 11.8. The number of aliphatic hydroxyl groups excluding tert-OH is 1. The lowest BCUT2D eigenvalue weighted by Crippen LogP contribution is -2.49. The zero-order valence-corrected chi connectivity index (χ0v) is 18.7. The third-order valence-corrected chi connectivity index (χ3v) is 8.99. The highest BCUT2D eigenvalue weighted by molar-refractivity contribution is 5.50. The minimum Gasteiger partial charge on any atom is -0.400 e. The monoisotopic (exact) mass is 418 g/mol. The number of fused-ring (bicyclic) bond motifs is 5. The van der Waals surface area contributed by atoms with Gasteiger partial charge in [0.25, 0.3) is 0 Å². The van der Waals surface area contributed by atoms with Crippen molar-refractivity contribution in [2.24, 2.45) is 46.8 Å². The summed E-state index contributed by atoms with van der Waals surface area (Å²) in [5.74, 6) is 2.39. The van der Waals surface area contributed by atoms with Crippen molar-refractivity contribution in [3.8, 4) is 0 Å². The lowest BCUT2D eigenvalue weighted by molar-refractivity contribution is -0.196. The van der Waals surface area contributed by atoms with Crippen LogP contribution in [0.2, 0.25) is 0 Å². The summed E-state index contributed by atoms with van der Waals surface area (Å²) in [6, 6.07) is 0. The number of alkyl halides is 3. The zero-order chi connectivity index (χ0) is 21.8. The minimum atomic E-state index is -4.00. The molecule has 4 aliphatic carbocycles. The number of aldehydes is 1. The molecule has 0 aromatic heterocycles. The molecule has 0 radical (unpaired) electrons. The van der Waals surface area contributed by atoms with E-state index in [4.69, 9.17) is 5.11 Å². The number of hydrogen-bond acceptors (Lipinski definition) is 2. The molecule has 4 fully saturated rings. The Morgan fingerprint density at radius 1 is 0.931 bits per heavy atom. The van der Waals surface area contributed by atoms with E-state index in [0.29, 0.717) is 60.2 Å². The Morgan fingerprint density at radius 3 is 2.21 bits per heavy atom. The molecule has 4 rings (SSSR count). The molecule has 170 valence electrons. The normalized spacial score (nSPS) is 43.4. The minimum absolute atomic E-state index is 0.304. The van der Waals surface area contributed by atoms with Crippen LogP contribution in [0.3, 0.4) is 0 Å². The van der Waals surface area contributed by atoms with Crippen molar-refractivity contribution in [1.82, 2.24) is 0 Å². The van der Waals surface area contributed by atoms with Gasteiger partial charge in [0.05, 0.1) is 5.92 Å². The van der Waals surface area contributed by atoms with Gasteiger partial charge < -0.3 is 9.90 Å². The van der Waals surface area contributed by atoms with Crippen LogP contribution in [-0.4, -0.2) is 24.7 Å². The highest BCUT2D eigenvalue weighted by atomic mass is 19.4. The third-order valence-electron chi connectivity index (χ3n) is 8.99. The van der Waals surface area contributed by atoms with Gasteiger partial charge in [0.15, 0.2) is 0 Å². The number of hydrogen-bond donors (Lipinski definition) is 1. The molecule has 0 bridgehead atoms. The Bertz CT molecular complexity index is 521. The maximum atomic E-state index is 13.1. The van der Waals surface area contributed by atoms with Crippen molar-refractivity contribution < 1.29 is 23.1 Å². The molecule has 0 aromatic rings. The highest BCUT2D eigenvalue weighted by Crippen LogP contribution is 2.65. The van der Waals surface area contributed by atoms with Gasteiger partial charge in [-0.15, -0.1) is 0 Å². The number of halogens is 3. The number of carbonyl (C=O) groups is 1. The molecule has 0 saturated heterocycles. The van der Waals surface area contributed by atoms with Gasteiger partial charge in [-0.2, -0.15) is 13.2 Å². The molecule has 0 aromatic carbocycles. The van der Waals surface area contributed by atoms with E-state index in [0.717, 1.165) is 32.7 Å². The second kappa shape index (κ2) is 10.2. The predicted octanol–water partition coefficient (Wildman–Crippen LogP) is 6.66. The van der Waals surface area contributed by atoms with E-state index in [-0.39, 0.29) is 0 Å². The van der Waals surface area contributed by atoms with Crippen molar-refractivity contribution in [3.05, 3.63) is 0 Å². The van der Waals surface area contributed by atoms with Crippen molar-refractivity contribution >= 4 is 6.29 Å². The first kappa shape index (κ1) is 24.7. The second-order valence-corrected chi connectivity index (χ2v) is 9.71. The fraction of sp³-hybridized carbons (Fsp3) is 0.958. The predicted molar refractivity (Wildman–Crippen MR) is 110 cm³/mol. The summed E-state index contributed by atoms with van der Waals surface area (Å²) >= 11 is 0. The van der Waals surface area contributed by atoms with Crippen LogP contribution in [-0.2, 0) is 4.79 Å². The smallest absolute Gasteiger partial charge is 0.391 e. The van der Waals surface area contributed by atoms with E-state index in [2.05, 4.69) is 6.92 Å². The lowest BCUT2D eigenvalue weighted by Gasteiger charge is -2.56. The first-order chi connectivity index (χ1) is 13.8. The number of carbonyl (C=O) groups excluding carboxylic acids is 1. The van der Waals surface area contributed by atoms with Gasteiger partial charge >= 0.3 is 6.18 Å². The van der Waals surface area contributed by atoms with Gasteiger partial charge in [-0.05, 0) is 98.7 Å². The quantitative estimate of drug-likeness (QED) is 0.509. The van der Waals surface area contributed by atoms with Crippen molar-refractivity contribution in [3.63, 3.8) is 0 Å². The first-order valence-electron chi connectivity index (χ1n) is 11.8. The molecule has 0 amide bonds. The van der Waals surface area contributed by atoms with Crippen LogP contribution in [0, 0.1) is 46.8 Å². The summed E-state index contributed by atoms with van der Waals surface area (Å²) in [5, 5.41) is 7.00. The largest absolute Gasteiger partial charge is 0.400 e. The van der Waals surface area contributed by atoms with Gasteiger partial charge in [-0.3, -0.25) is 0 Å². The third kappa shape index (κ3) is 4.70. The maximum Gasteiger partial charge on any atom is 0.391 e. The molecular weight excluding hydrogens is 377 g/mol. The molecule has 29 heavy (non-hydrogen) atoms. The summed E-state index contributed by atoms with van der Waals surface area (Å²) in [6.07, 6.45) is 6.23. The Morgan fingerprint density at radius 2 is 1.59 bits per heavy atom. The van der Waals surface area contributed by atoms with E-state index in [1.54, 1.807) is 0 Å². The topological polar surface area (TPSA) is 37.3 Å². The van der Waals surface area contributed by atoms with Crippen LogP contribution in [0.1, 0.15) is 85.0 Å². The molecule has 1 N–H and O–H groups in total. The zero-order valence-electron chi connectivity index (χ0n) is 18.7. The molecule has 2 nitrogen and oxygen atoms in total. The Balaban J connectivity index is 0.000000707.